The van der Waals surface area contributed by atoms with Gasteiger partial charge in [0.15, 0.2) is 22.8 Å². The van der Waals surface area contributed by atoms with Crippen LogP contribution in [0.15, 0.2) is 282 Å². The Morgan fingerprint density at radius 1 is 0.682 bits per heavy atom. The van der Waals surface area contributed by atoms with Crippen molar-refractivity contribution >= 4 is 58.2 Å². The van der Waals surface area contributed by atoms with Gasteiger partial charge < -0.3 is 29.7 Å². The number of esters is 2. The number of hydrogen-bond donors (Lipinski definition) is 2. The first-order valence-electron chi connectivity index (χ1n) is 27.5. The van der Waals surface area contributed by atoms with Crippen molar-refractivity contribution in [2.24, 2.45) is 5.16 Å². The number of allylic oxidation sites excluding steroid dienone is 1. The summed E-state index contributed by atoms with van der Waals surface area (Å²) in [6.45, 7) is 1.58. The van der Waals surface area contributed by atoms with Gasteiger partial charge in [-0.25, -0.2) is 14.6 Å². The molecule has 3 aliphatic rings. The van der Waals surface area contributed by atoms with Crippen molar-refractivity contribution < 1.29 is 38.2 Å². The number of amides is 2. The standard InChI is InChI=1S/C70H55N5O8S2/c1-46-62(80-2)58(81-66(46)78)42-49-44-84-65-60(64(77)75(65)61(49)67(79)82-63(47-26-10-3-11-27-47)48-28-12-4-13-29-48)73-59(76)43-71-83-70(53-36-20-8-21-37-53,54-38-22-9-23-39-54)56-41-25-24-40-55(56)57-45-85-68(72-57)74-69(50-30-14-5-15-31-50,51-32-16-6-17-33-51)52-34-18-7-19-35-52/h3-43,45,60,63,65H,44H2,1-2H3,(H,72,74)(H,73,76)/b58-42-,71-43-/t60-,65-/m1/s1. The molecule has 12 rings (SSSR count). The van der Waals surface area contributed by atoms with Gasteiger partial charge in [-0.2, -0.15) is 0 Å². The second kappa shape index (κ2) is 24.4. The maximum absolute atomic E-state index is 14.8. The maximum atomic E-state index is 14.8. The number of carbonyl (C=O) groups is 4. The molecule has 4 heterocycles. The number of thiazole rings is 1. The van der Waals surface area contributed by atoms with Gasteiger partial charge in [0.2, 0.25) is 5.60 Å². The van der Waals surface area contributed by atoms with Crippen LogP contribution in [0.1, 0.15) is 57.5 Å². The SMILES string of the molecule is COC1=C(C)C(=O)O/C1=C\C1=C(C(=O)OC(c2ccccc2)c2ccccc2)N2C(=O)[C@@H](NC(=O)/C=N\OC(c3ccccc3)(c3ccccc3)c3ccccc3-c3csc(NC(c4ccccc4)(c4ccccc4)c4ccccc4)n3)[C@H]2SC1. The summed E-state index contributed by atoms with van der Waals surface area (Å²) in [6, 6.07) is 75.8. The highest BCUT2D eigenvalue weighted by Gasteiger charge is 2.55. The van der Waals surface area contributed by atoms with Gasteiger partial charge in [0.25, 0.3) is 11.8 Å². The summed E-state index contributed by atoms with van der Waals surface area (Å²) in [4.78, 5) is 69.9. The third-order valence-corrected chi connectivity index (χ3v) is 17.3. The van der Waals surface area contributed by atoms with Crippen LogP contribution in [0, 0.1) is 0 Å². The minimum atomic E-state index is -1.47. The van der Waals surface area contributed by atoms with E-state index in [1.54, 1.807) is 6.92 Å². The van der Waals surface area contributed by atoms with E-state index in [1.807, 2.05) is 206 Å². The van der Waals surface area contributed by atoms with Gasteiger partial charge in [-0.05, 0) is 46.4 Å². The van der Waals surface area contributed by atoms with Crippen LogP contribution in [-0.4, -0.2) is 64.1 Å². The van der Waals surface area contributed by atoms with Crippen molar-refractivity contribution in [3.8, 4) is 11.3 Å². The van der Waals surface area contributed by atoms with E-state index in [-0.39, 0.29) is 28.5 Å². The number of cyclic esters (lactones) is 1. The number of nitrogens with one attached hydrogen (secondary N) is 2. The Bertz CT molecular complexity index is 3860. The Morgan fingerprint density at radius 3 is 1.71 bits per heavy atom. The largest absolute Gasteiger partial charge is 0.492 e. The lowest BCUT2D eigenvalue weighted by Crippen LogP contribution is -2.70. The van der Waals surface area contributed by atoms with E-state index in [0.717, 1.165) is 28.5 Å². The summed E-state index contributed by atoms with van der Waals surface area (Å²) < 4.78 is 17.5. The highest BCUT2D eigenvalue weighted by atomic mass is 32.2. The average molecular weight is 1160 g/mol. The van der Waals surface area contributed by atoms with Crippen molar-refractivity contribution in [2.45, 2.75) is 35.6 Å². The Balaban J connectivity index is 0.861. The number of aromatic nitrogens is 1. The second-order valence-corrected chi connectivity index (χ2v) is 22.2. The molecule has 0 saturated carbocycles. The van der Waals surface area contributed by atoms with Crippen LogP contribution in [-0.2, 0) is 49.4 Å². The number of thioether (sulfide) groups is 1. The van der Waals surface area contributed by atoms with Gasteiger partial charge >= 0.3 is 11.9 Å². The van der Waals surface area contributed by atoms with Gasteiger partial charge in [-0.1, -0.05) is 242 Å². The predicted molar refractivity (Wildman–Crippen MR) is 329 cm³/mol. The zero-order valence-electron chi connectivity index (χ0n) is 46.1. The molecule has 13 nitrogen and oxygen atoms in total. The summed E-state index contributed by atoms with van der Waals surface area (Å²) in [5.74, 6) is -2.21. The number of β-lactam (4-membered cyclic amide) rings is 1. The number of fused-ring (bicyclic) bond motifs is 1. The number of nitrogens with zero attached hydrogens (tertiary/aromatic N) is 3. The second-order valence-electron chi connectivity index (χ2n) is 20.2. The summed E-state index contributed by atoms with van der Waals surface area (Å²) in [6.07, 6.45) is 1.70. The minimum Gasteiger partial charge on any atom is -0.492 e. The minimum absolute atomic E-state index is 0.0586. The lowest BCUT2D eigenvalue weighted by molar-refractivity contribution is -0.154. The molecule has 2 N–H and O–H groups in total. The summed E-state index contributed by atoms with van der Waals surface area (Å²) in [7, 11) is 1.42. The Labute approximate surface area is 500 Å². The number of methoxy groups -OCH3 is 1. The topological polar surface area (TPSA) is 158 Å². The van der Waals surface area contributed by atoms with E-state index < -0.39 is 52.4 Å². The van der Waals surface area contributed by atoms with Gasteiger partial charge in [0.05, 0.1) is 18.4 Å². The zero-order chi connectivity index (χ0) is 58.3. The quantitative estimate of drug-likeness (QED) is 0.0261. The van der Waals surface area contributed by atoms with E-state index in [1.165, 1.54) is 41.2 Å². The fourth-order valence-corrected chi connectivity index (χ4v) is 13.3. The van der Waals surface area contributed by atoms with Crippen LogP contribution in [0.4, 0.5) is 5.13 Å². The van der Waals surface area contributed by atoms with Gasteiger partial charge in [-0.15, -0.1) is 23.1 Å². The molecule has 1 aromatic heterocycles. The van der Waals surface area contributed by atoms with E-state index in [0.29, 0.717) is 44.2 Å². The molecular weight excluding hydrogens is 1100 g/mol. The molecule has 0 bridgehead atoms. The summed E-state index contributed by atoms with van der Waals surface area (Å²) in [5, 5.41) is 13.2. The van der Waals surface area contributed by atoms with Crippen LogP contribution in [0.25, 0.3) is 11.3 Å². The molecule has 2 amide bonds. The van der Waals surface area contributed by atoms with E-state index in [2.05, 4.69) is 52.2 Å². The fraction of sp³-hybridized carbons (Fsp3) is 0.114. The molecule has 85 heavy (non-hydrogen) atoms. The van der Waals surface area contributed by atoms with Gasteiger partial charge in [0.1, 0.15) is 28.9 Å². The van der Waals surface area contributed by atoms with Crippen LogP contribution in [0.3, 0.4) is 0 Å². The van der Waals surface area contributed by atoms with Crippen molar-refractivity contribution in [3.63, 3.8) is 0 Å². The Hall–Kier alpha value is -10.1. The lowest BCUT2D eigenvalue weighted by Gasteiger charge is -2.49. The van der Waals surface area contributed by atoms with Crippen molar-refractivity contribution in [3.05, 3.63) is 321 Å². The molecule has 0 aliphatic carbocycles. The van der Waals surface area contributed by atoms with E-state index >= 15 is 0 Å². The van der Waals surface area contributed by atoms with Crippen molar-refractivity contribution in [1.82, 2.24) is 15.2 Å². The number of carbonyl (C=O) groups excluding carboxylic acids is 4. The molecule has 420 valence electrons. The molecule has 1 fully saturated rings. The zero-order valence-corrected chi connectivity index (χ0v) is 47.7. The lowest BCUT2D eigenvalue weighted by atomic mass is 9.77. The fourth-order valence-electron chi connectivity index (χ4n) is 11.2. The maximum Gasteiger partial charge on any atom is 0.356 e. The normalized spacial score (nSPS) is 16.5. The number of anilines is 1. The third kappa shape index (κ3) is 10.7. The summed E-state index contributed by atoms with van der Waals surface area (Å²) >= 11 is 2.80. The van der Waals surface area contributed by atoms with E-state index in [4.69, 9.17) is 24.0 Å². The third-order valence-electron chi connectivity index (χ3n) is 15.2. The van der Waals surface area contributed by atoms with E-state index in [9.17, 15) is 19.2 Å². The van der Waals surface area contributed by atoms with Gasteiger partial charge in [-0.3, -0.25) is 14.5 Å². The summed E-state index contributed by atoms with van der Waals surface area (Å²) in [5.41, 5.74) is 6.34. The van der Waals surface area contributed by atoms with Crippen LogP contribution < -0.4 is 10.6 Å². The highest BCUT2D eigenvalue weighted by molar-refractivity contribution is 8.00. The monoisotopic (exact) mass is 1160 g/mol. The first-order chi connectivity index (χ1) is 41.7. The van der Waals surface area contributed by atoms with Crippen LogP contribution >= 0.6 is 23.1 Å². The highest BCUT2D eigenvalue weighted by Crippen LogP contribution is 2.48. The number of hydrogen-bond acceptors (Lipinski definition) is 13. The molecule has 8 aromatic carbocycles. The number of ether oxygens (including phenoxy) is 3. The van der Waals surface area contributed by atoms with Crippen molar-refractivity contribution in [2.75, 3.05) is 18.2 Å². The molecule has 2 atom stereocenters. The molecule has 3 aliphatic heterocycles. The molecule has 0 unspecified atom stereocenters. The van der Waals surface area contributed by atoms with Gasteiger partial charge in [0, 0.05) is 33.4 Å². The molecule has 15 heteroatoms. The number of benzene rings is 8. The van der Waals surface area contributed by atoms with Crippen LogP contribution in [0.5, 0.6) is 0 Å². The predicted octanol–water partition coefficient (Wildman–Crippen LogP) is 12.9. The van der Waals surface area contributed by atoms with Crippen LogP contribution in [0.2, 0.25) is 0 Å². The Kier molecular flexibility index (Phi) is 15.9. The first-order valence-corrected chi connectivity index (χ1v) is 29.4. The molecule has 0 spiro atoms. The molecular formula is C70H55N5O8S2. The molecule has 9 aromatic rings. The number of oxime groups is 1. The molecule has 0 radical (unpaired) electrons. The smallest absolute Gasteiger partial charge is 0.356 e. The average Bonchev–Trinajstić information content (AvgIpc) is 2.47. The van der Waals surface area contributed by atoms with Crippen molar-refractivity contribution in [1.29, 1.82) is 0 Å². The first kappa shape index (κ1) is 55.4. The molecule has 1 saturated heterocycles. The number of rotatable bonds is 19. The Morgan fingerprint density at radius 2 is 1.18 bits per heavy atom.